The second-order valence-electron chi connectivity index (χ2n) is 7.09. The van der Waals surface area contributed by atoms with Crippen LogP contribution >= 0.6 is 0 Å². The first-order chi connectivity index (χ1) is 11.7. The number of carbonyl (C=O) groups excluding carboxylic acids is 1. The maximum absolute atomic E-state index is 12.3. The van der Waals surface area contributed by atoms with Crippen LogP contribution in [0.1, 0.15) is 26.5 Å². The number of aromatic nitrogens is 2. The van der Waals surface area contributed by atoms with E-state index >= 15 is 0 Å². The van der Waals surface area contributed by atoms with Gasteiger partial charge in [-0.3, -0.25) is 5.10 Å². The molecule has 0 spiro atoms. The number of hydrogen-bond donors (Lipinski definition) is 3. The van der Waals surface area contributed by atoms with Gasteiger partial charge in [0.05, 0.1) is 17.9 Å². The molecular weight excluding hydrogens is 320 g/mol. The second-order valence-corrected chi connectivity index (χ2v) is 7.09. The van der Waals surface area contributed by atoms with Crippen LogP contribution in [0.25, 0.3) is 11.3 Å². The number of carboxylic acid groups (broad SMARTS) is 1. The van der Waals surface area contributed by atoms with Crippen LogP contribution in [0.3, 0.4) is 0 Å². The predicted octanol–water partition coefficient (Wildman–Crippen LogP) is 2.72. The largest absolute Gasteiger partial charge is 0.480 e. The summed E-state index contributed by atoms with van der Waals surface area (Å²) in [4.78, 5) is 25.1. The summed E-state index contributed by atoms with van der Waals surface area (Å²) in [5, 5.41) is 19.0. The van der Waals surface area contributed by atoms with E-state index < -0.39 is 23.5 Å². The summed E-state index contributed by atoms with van der Waals surface area (Å²) >= 11 is 0. The Labute approximate surface area is 147 Å². The fourth-order valence-electron chi connectivity index (χ4n) is 2.41. The van der Waals surface area contributed by atoms with E-state index in [0.29, 0.717) is 6.54 Å². The molecule has 1 atom stereocenters. The lowest BCUT2D eigenvalue weighted by Crippen LogP contribution is -2.52. The van der Waals surface area contributed by atoms with Crippen LogP contribution in [0.15, 0.2) is 36.4 Å². The highest BCUT2D eigenvalue weighted by molar-refractivity contribution is 5.83. The van der Waals surface area contributed by atoms with Crippen molar-refractivity contribution in [2.75, 3.05) is 7.05 Å². The van der Waals surface area contributed by atoms with E-state index in [1.54, 1.807) is 27.8 Å². The Balaban J connectivity index is 2.02. The summed E-state index contributed by atoms with van der Waals surface area (Å²) in [5.41, 5.74) is 1.95. The number of rotatable bonds is 5. The summed E-state index contributed by atoms with van der Waals surface area (Å²) in [6, 6.07) is 10.2. The molecule has 7 heteroatoms. The van der Waals surface area contributed by atoms with Crippen LogP contribution in [-0.2, 0) is 11.3 Å². The number of carboxylic acids is 1. The lowest BCUT2D eigenvalue weighted by molar-refractivity contribution is -0.142. The fraction of sp³-hybridized carbons (Fsp3) is 0.389. The number of amides is 2. The third kappa shape index (κ3) is 4.82. The molecule has 0 unspecified atom stereocenters. The monoisotopic (exact) mass is 344 g/mol. The summed E-state index contributed by atoms with van der Waals surface area (Å²) < 4.78 is 0. The summed E-state index contributed by atoms with van der Waals surface area (Å²) in [7, 11) is 1.61. The first kappa shape index (κ1) is 18.5. The smallest absolute Gasteiger partial charge is 0.326 e. The Hall–Kier alpha value is -2.83. The minimum atomic E-state index is -1.05. The number of nitrogens with zero attached hydrogens (tertiary/aromatic N) is 2. The molecule has 0 saturated carbocycles. The standard InChI is InChI=1S/C18H24N4O3/c1-18(2,3)15(16(23)24)19-17(25)22(4)11-13-10-14(21-20-13)12-8-6-5-7-9-12/h5-10,15H,11H2,1-4H3,(H,19,25)(H,20,21)(H,23,24)/t15-/m1/s1. The molecule has 2 amide bonds. The summed E-state index contributed by atoms with van der Waals surface area (Å²) in [6.07, 6.45) is 0. The second kappa shape index (κ2) is 7.38. The highest BCUT2D eigenvalue weighted by Gasteiger charge is 2.33. The van der Waals surface area contributed by atoms with Crippen molar-refractivity contribution in [3.05, 3.63) is 42.1 Å². The van der Waals surface area contributed by atoms with E-state index in [-0.39, 0.29) is 0 Å². The zero-order chi connectivity index (χ0) is 18.6. The quantitative estimate of drug-likeness (QED) is 0.776. The van der Waals surface area contributed by atoms with Gasteiger partial charge >= 0.3 is 12.0 Å². The van der Waals surface area contributed by atoms with Crippen LogP contribution in [0, 0.1) is 5.41 Å². The van der Waals surface area contributed by atoms with Crippen molar-refractivity contribution in [3.63, 3.8) is 0 Å². The highest BCUT2D eigenvalue weighted by atomic mass is 16.4. The van der Waals surface area contributed by atoms with Crippen molar-refractivity contribution in [1.29, 1.82) is 0 Å². The van der Waals surface area contributed by atoms with Gasteiger partial charge in [0.25, 0.3) is 0 Å². The van der Waals surface area contributed by atoms with Gasteiger partial charge < -0.3 is 15.3 Å². The Kier molecular flexibility index (Phi) is 5.46. The molecule has 2 aromatic rings. The molecule has 1 aromatic heterocycles. The van der Waals surface area contributed by atoms with Gasteiger partial charge in [0.15, 0.2) is 0 Å². The van der Waals surface area contributed by atoms with Gasteiger partial charge in [-0.2, -0.15) is 5.10 Å². The lowest BCUT2D eigenvalue weighted by atomic mass is 9.87. The van der Waals surface area contributed by atoms with Crippen LogP contribution in [0.5, 0.6) is 0 Å². The average Bonchev–Trinajstić information content (AvgIpc) is 3.00. The molecule has 0 radical (unpaired) electrons. The number of benzene rings is 1. The first-order valence-electron chi connectivity index (χ1n) is 8.02. The van der Waals surface area contributed by atoms with Crippen LogP contribution in [0.4, 0.5) is 4.79 Å². The lowest BCUT2D eigenvalue weighted by Gasteiger charge is -2.29. The number of H-pyrrole nitrogens is 1. The van der Waals surface area contributed by atoms with Gasteiger partial charge in [-0.25, -0.2) is 9.59 Å². The number of carbonyl (C=O) groups is 2. The Morgan fingerprint density at radius 1 is 1.28 bits per heavy atom. The fourth-order valence-corrected chi connectivity index (χ4v) is 2.41. The molecule has 134 valence electrons. The number of hydrogen-bond acceptors (Lipinski definition) is 3. The van der Waals surface area contributed by atoms with Gasteiger partial charge in [0.1, 0.15) is 6.04 Å². The highest BCUT2D eigenvalue weighted by Crippen LogP contribution is 2.20. The summed E-state index contributed by atoms with van der Waals surface area (Å²) in [5.74, 6) is -1.05. The Bertz CT molecular complexity index is 734. The molecule has 2 rings (SSSR count). The minimum absolute atomic E-state index is 0.294. The molecule has 0 bridgehead atoms. The molecule has 0 saturated heterocycles. The Morgan fingerprint density at radius 3 is 2.48 bits per heavy atom. The zero-order valence-corrected chi connectivity index (χ0v) is 14.9. The van der Waals surface area contributed by atoms with E-state index in [1.807, 2.05) is 36.4 Å². The molecule has 0 aliphatic carbocycles. The molecule has 25 heavy (non-hydrogen) atoms. The molecule has 0 aliphatic heterocycles. The van der Waals surface area contributed by atoms with E-state index in [4.69, 9.17) is 0 Å². The van der Waals surface area contributed by atoms with Crippen molar-refractivity contribution in [2.24, 2.45) is 5.41 Å². The van der Waals surface area contributed by atoms with Crippen molar-refractivity contribution in [3.8, 4) is 11.3 Å². The molecule has 1 heterocycles. The minimum Gasteiger partial charge on any atom is -0.480 e. The average molecular weight is 344 g/mol. The Morgan fingerprint density at radius 2 is 1.92 bits per heavy atom. The third-order valence-corrected chi connectivity index (χ3v) is 3.84. The van der Waals surface area contributed by atoms with E-state index in [2.05, 4.69) is 15.5 Å². The molecular formula is C18H24N4O3. The van der Waals surface area contributed by atoms with E-state index in [1.165, 1.54) is 4.90 Å². The van der Waals surface area contributed by atoms with E-state index in [0.717, 1.165) is 17.0 Å². The predicted molar refractivity (Wildman–Crippen MR) is 94.9 cm³/mol. The van der Waals surface area contributed by atoms with Gasteiger partial charge in [-0.1, -0.05) is 51.1 Å². The SMILES string of the molecule is CN(Cc1cc(-c2ccccc2)n[nH]1)C(=O)N[C@H](C(=O)O)C(C)(C)C. The van der Waals surface area contributed by atoms with Crippen LogP contribution < -0.4 is 5.32 Å². The van der Waals surface area contributed by atoms with Crippen molar-refractivity contribution >= 4 is 12.0 Å². The van der Waals surface area contributed by atoms with E-state index in [9.17, 15) is 14.7 Å². The number of aromatic amines is 1. The van der Waals surface area contributed by atoms with Gasteiger partial charge in [-0.15, -0.1) is 0 Å². The number of nitrogens with one attached hydrogen (secondary N) is 2. The number of urea groups is 1. The molecule has 3 N–H and O–H groups in total. The maximum Gasteiger partial charge on any atom is 0.326 e. The molecule has 1 aromatic carbocycles. The van der Waals surface area contributed by atoms with Crippen LogP contribution in [0.2, 0.25) is 0 Å². The van der Waals surface area contributed by atoms with Crippen molar-refractivity contribution in [2.45, 2.75) is 33.4 Å². The zero-order valence-electron chi connectivity index (χ0n) is 14.9. The topological polar surface area (TPSA) is 98.3 Å². The van der Waals surface area contributed by atoms with Gasteiger partial charge in [0, 0.05) is 12.6 Å². The number of aliphatic carboxylic acids is 1. The first-order valence-corrected chi connectivity index (χ1v) is 8.02. The van der Waals surface area contributed by atoms with Crippen molar-refractivity contribution in [1.82, 2.24) is 20.4 Å². The maximum atomic E-state index is 12.3. The van der Waals surface area contributed by atoms with Crippen molar-refractivity contribution < 1.29 is 14.7 Å². The molecule has 0 aliphatic rings. The van der Waals surface area contributed by atoms with Gasteiger partial charge in [-0.05, 0) is 11.5 Å². The normalized spacial score (nSPS) is 12.5. The third-order valence-electron chi connectivity index (χ3n) is 3.84. The summed E-state index contributed by atoms with van der Waals surface area (Å²) in [6.45, 7) is 5.61. The molecule has 0 fully saturated rings. The van der Waals surface area contributed by atoms with Gasteiger partial charge in [0.2, 0.25) is 0 Å². The molecule has 7 nitrogen and oxygen atoms in total. The van der Waals surface area contributed by atoms with Crippen LogP contribution in [-0.4, -0.2) is 45.3 Å².